The second-order valence-corrected chi connectivity index (χ2v) is 6.65. The number of hydrogen-bond donors (Lipinski definition) is 2. The smallest absolute Gasteiger partial charge is 0.0951 e. The lowest BCUT2D eigenvalue weighted by Gasteiger charge is -2.12. The average Bonchev–Trinajstić information content (AvgIpc) is 2.94. The zero-order valence-corrected chi connectivity index (χ0v) is 13.6. The van der Waals surface area contributed by atoms with Crippen molar-refractivity contribution >= 4 is 33.2 Å². The summed E-state index contributed by atoms with van der Waals surface area (Å²) in [4.78, 5) is 4.60. The second-order valence-electron chi connectivity index (χ2n) is 5.10. The van der Waals surface area contributed by atoms with Crippen LogP contribution in [-0.2, 0) is 6.42 Å². The number of aliphatic hydroxyl groups is 1. The summed E-state index contributed by atoms with van der Waals surface area (Å²) >= 11 is 7.65. The van der Waals surface area contributed by atoms with Crippen LogP contribution in [0.5, 0.6) is 0 Å². The van der Waals surface area contributed by atoms with Gasteiger partial charge in [0.25, 0.3) is 0 Å². The Bertz CT molecular complexity index is 726. The number of halogens is 1. The fourth-order valence-corrected chi connectivity index (χ4v) is 3.46. The van der Waals surface area contributed by atoms with E-state index in [1.165, 1.54) is 4.70 Å². The third-order valence-electron chi connectivity index (χ3n) is 3.42. The average molecular weight is 333 g/mol. The Labute approximate surface area is 138 Å². The number of fused-ring (bicyclic) bond motifs is 1. The molecule has 0 aliphatic carbocycles. The third-order valence-corrected chi connectivity index (χ3v) is 4.76. The normalized spacial score (nSPS) is 12.6. The van der Waals surface area contributed by atoms with Crippen molar-refractivity contribution in [3.63, 3.8) is 0 Å². The molecule has 3 rings (SSSR count). The molecule has 1 aromatic heterocycles. The van der Waals surface area contributed by atoms with Crippen LogP contribution in [0.3, 0.4) is 0 Å². The van der Waals surface area contributed by atoms with E-state index in [4.69, 9.17) is 11.6 Å². The lowest BCUT2D eigenvalue weighted by molar-refractivity contribution is 0.175. The first-order valence-electron chi connectivity index (χ1n) is 7.21. The van der Waals surface area contributed by atoms with Crippen LogP contribution in [0.4, 0.5) is 0 Å². The van der Waals surface area contributed by atoms with Gasteiger partial charge in [-0.05, 0) is 29.8 Å². The molecular weight excluding hydrogens is 316 g/mol. The van der Waals surface area contributed by atoms with Gasteiger partial charge in [-0.15, -0.1) is 11.3 Å². The fourth-order valence-electron chi connectivity index (χ4n) is 2.29. The van der Waals surface area contributed by atoms with Gasteiger partial charge in [0.15, 0.2) is 0 Å². The van der Waals surface area contributed by atoms with E-state index in [9.17, 15) is 5.11 Å². The van der Waals surface area contributed by atoms with Crippen molar-refractivity contribution in [2.24, 2.45) is 0 Å². The summed E-state index contributed by atoms with van der Waals surface area (Å²) < 4.78 is 1.22. The van der Waals surface area contributed by atoms with Gasteiger partial charge in [-0.2, -0.15) is 0 Å². The van der Waals surface area contributed by atoms with Crippen LogP contribution in [0.2, 0.25) is 5.02 Å². The molecule has 0 aliphatic rings. The van der Waals surface area contributed by atoms with Gasteiger partial charge in [-0.25, -0.2) is 4.98 Å². The summed E-state index contributed by atoms with van der Waals surface area (Å²) in [5, 5.41) is 15.2. The molecule has 0 aliphatic heterocycles. The van der Waals surface area contributed by atoms with Crippen LogP contribution >= 0.6 is 22.9 Å². The summed E-state index contributed by atoms with van der Waals surface area (Å²) in [5.74, 6) is 0. The minimum absolute atomic E-state index is 0.505. The van der Waals surface area contributed by atoms with E-state index in [-0.39, 0.29) is 0 Å². The van der Waals surface area contributed by atoms with Gasteiger partial charge in [-0.1, -0.05) is 35.9 Å². The van der Waals surface area contributed by atoms with Crippen LogP contribution in [0.25, 0.3) is 10.2 Å². The molecule has 0 amide bonds. The highest BCUT2D eigenvalue weighted by Crippen LogP contribution is 2.21. The number of benzene rings is 2. The van der Waals surface area contributed by atoms with Gasteiger partial charge in [0.1, 0.15) is 0 Å². The Hall–Kier alpha value is -1.46. The number of nitrogens with one attached hydrogen (secondary N) is 1. The number of hydrogen-bond acceptors (Lipinski definition) is 4. The predicted molar refractivity (Wildman–Crippen MR) is 92.6 cm³/mol. The topological polar surface area (TPSA) is 45.1 Å². The predicted octanol–water partition coefficient (Wildman–Crippen LogP) is 3.82. The van der Waals surface area contributed by atoms with Crippen LogP contribution in [-0.4, -0.2) is 23.2 Å². The number of nitrogens with zero attached hydrogens (tertiary/aromatic N) is 1. The quantitative estimate of drug-likeness (QED) is 0.675. The van der Waals surface area contributed by atoms with Crippen LogP contribution in [0.15, 0.2) is 48.5 Å². The number of rotatable bonds is 6. The van der Waals surface area contributed by atoms with Crippen molar-refractivity contribution in [1.29, 1.82) is 0 Å². The Balaban J connectivity index is 1.49. The minimum atomic E-state index is -0.547. The van der Waals surface area contributed by atoms with Gasteiger partial charge in [0, 0.05) is 24.5 Å². The van der Waals surface area contributed by atoms with E-state index in [0.29, 0.717) is 11.6 Å². The van der Waals surface area contributed by atoms with Gasteiger partial charge in [0.05, 0.1) is 21.3 Å². The maximum atomic E-state index is 10.1. The zero-order valence-electron chi connectivity index (χ0n) is 12.0. The maximum Gasteiger partial charge on any atom is 0.0951 e. The van der Waals surface area contributed by atoms with Crippen molar-refractivity contribution in [3.8, 4) is 0 Å². The largest absolute Gasteiger partial charge is 0.387 e. The first-order chi connectivity index (χ1) is 10.7. The first kappa shape index (κ1) is 15.4. The molecular formula is C17H17ClN2OS. The van der Waals surface area contributed by atoms with E-state index in [1.54, 1.807) is 23.5 Å². The number of aromatic nitrogens is 1. The van der Waals surface area contributed by atoms with Gasteiger partial charge in [-0.3, -0.25) is 0 Å². The number of para-hydroxylation sites is 1. The van der Waals surface area contributed by atoms with Crippen molar-refractivity contribution in [2.45, 2.75) is 12.5 Å². The van der Waals surface area contributed by atoms with Crippen molar-refractivity contribution in [3.05, 3.63) is 64.1 Å². The Morgan fingerprint density at radius 2 is 2.05 bits per heavy atom. The number of thiazole rings is 1. The summed E-state index contributed by atoms with van der Waals surface area (Å²) in [7, 11) is 0. The molecule has 1 atom stereocenters. The molecule has 3 aromatic rings. The molecule has 2 N–H and O–H groups in total. The van der Waals surface area contributed by atoms with Gasteiger partial charge >= 0.3 is 0 Å². The maximum absolute atomic E-state index is 10.1. The molecule has 0 radical (unpaired) electrons. The van der Waals surface area contributed by atoms with Crippen molar-refractivity contribution in [2.75, 3.05) is 13.1 Å². The molecule has 0 spiro atoms. The second kappa shape index (κ2) is 7.20. The molecule has 3 nitrogen and oxygen atoms in total. The zero-order chi connectivity index (χ0) is 15.4. The third kappa shape index (κ3) is 3.84. The molecule has 0 saturated carbocycles. The van der Waals surface area contributed by atoms with E-state index in [0.717, 1.165) is 29.1 Å². The molecule has 1 heterocycles. The highest BCUT2D eigenvalue weighted by atomic mass is 35.5. The van der Waals surface area contributed by atoms with Gasteiger partial charge < -0.3 is 10.4 Å². The molecule has 0 fully saturated rings. The van der Waals surface area contributed by atoms with Crippen LogP contribution < -0.4 is 5.32 Å². The SMILES string of the molecule is OC(CNCCc1nc2ccccc2s1)c1cccc(Cl)c1. The molecule has 5 heteroatoms. The van der Waals surface area contributed by atoms with Crippen LogP contribution in [0.1, 0.15) is 16.7 Å². The lowest BCUT2D eigenvalue weighted by atomic mass is 10.1. The molecule has 1 unspecified atom stereocenters. The Kier molecular flexibility index (Phi) is 5.05. The minimum Gasteiger partial charge on any atom is -0.387 e. The van der Waals surface area contributed by atoms with Crippen molar-refractivity contribution < 1.29 is 5.11 Å². The summed E-state index contributed by atoms with van der Waals surface area (Å²) in [5.41, 5.74) is 1.89. The first-order valence-corrected chi connectivity index (χ1v) is 8.40. The Morgan fingerprint density at radius 1 is 1.18 bits per heavy atom. The standard InChI is InChI=1S/C17H17ClN2OS/c18-13-5-3-4-12(10-13)15(21)11-19-9-8-17-20-14-6-1-2-7-16(14)22-17/h1-7,10,15,19,21H,8-9,11H2. The monoisotopic (exact) mass is 332 g/mol. The fraction of sp³-hybridized carbons (Fsp3) is 0.235. The molecule has 2 aromatic carbocycles. The summed E-state index contributed by atoms with van der Waals surface area (Å²) in [6.07, 6.45) is 0.316. The highest BCUT2D eigenvalue weighted by molar-refractivity contribution is 7.18. The van der Waals surface area contributed by atoms with E-state index < -0.39 is 6.10 Å². The summed E-state index contributed by atoms with van der Waals surface area (Å²) in [6.45, 7) is 1.29. The summed E-state index contributed by atoms with van der Waals surface area (Å²) in [6, 6.07) is 15.5. The van der Waals surface area contributed by atoms with E-state index >= 15 is 0 Å². The van der Waals surface area contributed by atoms with E-state index in [2.05, 4.69) is 16.4 Å². The van der Waals surface area contributed by atoms with Gasteiger partial charge in [0.2, 0.25) is 0 Å². The number of aliphatic hydroxyl groups excluding tert-OH is 1. The molecule has 114 valence electrons. The Morgan fingerprint density at radius 3 is 2.86 bits per heavy atom. The molecule has 22 heavy (non-hydrogen) atoms. The van der Waals surface area contributed by atoms with Crippen LogP contribution in [0, 0.1) is 0 Å². The molecule has 0 bridgehead atoms. The molecule has 0 saturated heterocycles. The van der Waals surface area contributed by atoms with E-state index in [1.807, 2.05) is 30.3 Å². The van der Waals surface area contributed by atoms with Crippen molar-refractivity contribution in [1.82, 2.24) is 10.3 Å². The lowest BCUT2D eigenvalue weighted by Crippen LogP contribution is -2.23. The highest BCUT2D eigenvalue weighted by Gasteiger charge is 2.08.